The fourth-order valence-corrected chi connectivity index (χ4v) is 0. The third-order valence-corrected chi connectivity index (χ3v) is 0.414. The summed E-state index contributed by atoms with van der Waals surface area (Å²) in [6, 6.07) is -1.70. The summed E-state index contributed by atoms with van der Waals surface area (Å²) in [7, 11) is -4.33. The monoisotopic (exact) mass is 140 g/mol. The van der Waals surface area contributed by atoms with E-state index in [1.807, 2.05) is 0 Å². The Kier molecular flexibility index (Phi) is 5.41. The van der Waals surface area contributed by atoms with E-state index in [-0.39, 0.29) is 25.9 Å². The summed E-state index contributed by atoms with van der Waals surface area (Å²) in [6.07, 6.45) is 0. The van der Waals surface area contributed by atoms with Gasteiger partial charge >= 0.3 is 23.1 Å². The van der Waals surface area contributed by atoms with E-state index in [9.17, 15) is 12.8 Å². The summed E-state index contributed by atoms with van der Waals surface area (Å²) >= 11 is 0. The van der Waals surface area contributed by atoms with Crippen molar-refractivity contribution in [3.05, 3.63) is 0 Å². The van der Waals surface area contributed by atoms with Crippen molar-refractivity contribution in [2.45, 2.75) is 0 Å². The second kappa shape index (κ2) is 3.59. The van der Waals surface area contributed by atoms with Gasteiger partial charge in [-0.15, -0.1) is 0 Å². The van der Waals surface area contributed by atoms with Crippen molar-refractivity contribution in [1.29, 1.82) is 0 Å². The molecule has 0 aromatic carbocycles. The first kappa shape index (κ1) is 10.6. The number of rotatable bonds is 1. The van der Waals surface area contributed by atoms with Crippen LogP contribution in [0.3, 0.4) is 0 Å². The molecular weight excluding hydrogens is 135 g/mol. The smallest absolute Gasteiger partial charge is 1.00 e. The average molecular weight is 140 g/mol. The summed E-state index contributed by atoms with van der Waals surface area (Å²) in [6.45, 7) is 0. The van der Waals surface area contributed by atoms with E-state index in [0.717, 1.165) is 0 Å². The minimum absolute atomic E-state index is 0. The van der Waals surface area contributed by atoms with Crippen LogP contribution in [-0.4, -0.2) is 42.0 Å². The average Bonchev–Trinajstić information content (AvgIpc) is 1.35. The Balaban J connectivity index is -0.0000000417. The minimum atomic E-state index is -4.33. The van der Waals surface area contributed by atoms with Gasteiger partial charge in [-0.3, -0.25) is 4.55 Å². The normalized spacial score (nSPS) is 10.0. The largest absolute Gasteiger partial charge is 2.00 e. The first-order valence-electron chi connectivity index (χ1n) is 1.07. The molecule has 0 aromatic heterocycles. The van der Waals surface area contributed by atoms with E-state index in [4.69, 9.17) is 4.55 Å². The Morgan fingerprint density at radius 3 is 1.86 bits per heavy atom. The van der Waals surface area contributed by atoms with Crippen LogP contribution in [0.5, 0.6) is 0 Å². The molecule has 0 aromatic rings. The second-order valence-corrected chi connectivity index (χ2v) is 2.07. The molecule has 0 saturated carbocycles. The molecule has 1 N–H and O–H groups in total. The van der Waals surface area contributed by atoms with Gasteiger partial charge in [-0.1, -0.05) is 0 Å². The van der Waals surface area contributed by atoms with E-state index in [1.165, 1.54) is 0 Å². The van der Waals surface area contributed by atoms with Gasteiger partial charge < -0.3 is 2.85 Å². The zero-order chi connectivity index (χ0) is 5.21. The van der Waals surface area contributed by atoms with Crippen molar-refractivity contribution in [2.24, 2.45) is 0 Å². The van der Waals surface area contributed by atoms with Gasteiger partial charge in [0.25, 0.3) is 10.1 Å². The van der Waals surface area contributed by atoms with Gasteiger partial charge in [0.15, 0.2) is 0 Å². The van der Waals surface area contributed by atoms with Crippen molar-refractivity contribution >= 4 is 33.2 Å². The fourth-order valence-electron chi connectivity index (χ4n) is 0. The van der Waals surface area contributed by atoms with Crippen molar-refractivity contribution in [3.8, 4) is 0 Å². The second-order valence-electron chi connectivity index (χ2n) is 0.691. The van der Waals surface area contributed by atoms with Crippen LogP contribution >= 0.6 is 0 Å². The molecule has 7 heavy (non-hydrogen) atoms. The predicted octanol–water partition coefficient (Wildman–Crippen LogP) is -0.355. The molecule has 0 fully saturated rings. The van der Waals surface area contributed by atoms with Gasteiger partial charge in [0.1, 0.15) is 0 Å². The molecule has 0 heterocycles. The van der Waals surface area contributed by atoms with Gasteiger partial charge in [-0.25, -0.2) is 4.39 Å². The van der Waals surface area contributed by atoms with Crippen LogP contribution in [0.25, 0.3) is 0 Å². The van der Waals surface area contributed by atoms with Gasteiger partial charge in [-0.2, -0.15) is 8.42 Å². The topological polar surface area (TPSA) is 54.4 Å². The van der Waals surface area contributed by atoms with Crippen molar-refractivity contribution in [2.75, 3.05) is 6.01 Å². The van der Waals surface area contributed by atoms with Crippen molar-refractivity contribution in [3.63, 3.8) is 0 Å². The fraction of sp³-hybridized carbons (Fsp3) is 1.00. The Labute approximate surface area is 59.8 Å². The molecule has 0 atom stereocenters. The number of halogens is 1. The van der Waals surface area contributed by atoms with Crippen LogP contribution < -0.4 is 0 Å². The first-order valence-corrected chi connectivity index (χ1v) is 2.68. The van der Waals surface area contributed by atoms with Gasteiger partial charge in [0.05, 0.1) is 0 Å². The van der Waals surface area contributed by atoms with Crippen LogP contribution in [-0.2, 0) is 10.1 Å². The van der Waals surface area contributed by atoms with Crippen LogP contribution in [0.2, 0.25) is 0 Å². The maximum absolute atomic E-state index is 10.7. The molecule has 0 amide bonds. The van der Waals surface area contributed by atoms with Crippen molar-refractivity contribution in [1.82, 2.24) is 0 Å². The van der Waals surface area contributed by atoms with E-state index >= 15 is 0 Å². The standard InChI is InChI=1S/CH3FO3S.Mg.2H/c2-1-6(3,4)5;;;/h1H2,(H,3,4,5);;;/q;+2;2*-1. The Morgan fingerprint density at radius 2 is 1.86 bits per heavy atom. The zero-order valence-electron chi connectivity index (χ0n) is 5.46. The van der Waals surface area contributed by atoms with Gasteiger partial charge in [0, 0.05) is 0 Å². The molecule has 0 aliphatic carbocycles. The molecule has 42 valence electrons. The van der Waals surface area contributed by atoms with Gasteiger partial charge in [-0.05, 0) is 0 Å². The Bertz CT molecular complexity index is 124. The third kappa shape index (κ3) is 10.8. The molecule has 0 aliphatic rings. The van der Waals surface area contributed by atoms with Gasteiger partial charge in [0.2, 0.25) is 6.01 Å². The maximum Gasteiger partial charge on any atom is 2.00 e. The SMILES string of the molecule is O=S(=O)(O)CF.[H-].[H-].[Mg+2]. The Morgan fingerprint density at radius 1 is 1.71 bits per heavy atom. The molecule has 0 saturated heterocycles. The van der Waals surface area contributed by atoms with Crippen LogP contribution in [0.1, 0.15) is 2.85 Å². The summed E-state index contributed by atoms with van der Waals surface area (Å²) in [5.74, 6) is 0. The van der Waals surface area contributed by atoms with E-state index in [1.54, 1.807) is 0 Å². The molecule has 0 unspecified atom stereocenters. The predicted molar refractivity (Wildman–Crippen MR) is 25.5 cm³/mol. The maximum atomic E-state index is 10.7. The van der Waals surface area contributed by atoms with E-state index in [0.29, 0.717) is 0 Å². The van der Waals surface area contributed by atoms with Crippen LogP contribution in [0, 0.1) is 0 Å². The minimum Gasteiger partial charge on any atom is -1.00 e. The van der Waals surface area contributed by atoms with E-state index in [2.05, 4.69) is 0 Å². The van der Waals surface area contributed by atoms with Crippen LogP contribution in [0.15, 0.2) is 0 Å². The zero-order valence-corrected chi connectivity index (χ0v) is 5.69. The molecule has 0 spiro atoms. The summed E-state index contributed by atoms with van der Waals surface area (Å²) in [4.78, 5) is 0. The molecular formula is CH5FMgO3S. The molecule has 0 rings (SSSR count). The molecule has 0 aliphatic heterocycles. The molecule has 0 bridgehead atoms. The van der Waals surface area contributed by atoms with E-state index < -0.39 is 16.1 Å². The summed E-state index contributed by atoms with van der Waals surface area (Å²) < 4.78 is 36.4. The first-order chi connectivity index (χ1) is 2.56. The van der Waals surface area contributed by atoms with Crippen LogP contribution in [0.4, 0.5) is 4.39 Å². The van der Waals surface area contributed by atoms with Crippen molar-refractivity contribution < 1.29 is 20.2 Å². The number of alkyl halides is 1. The Hall–Kier alpha value is 0.606. The molecule has 0 radical (unpaired) electrons. The molecule has 6 heteroatoms. The third-order valence-electron chi connectivity index (χ3n) is 0.138. The summed E-state index contributed by atoms with van der Waals surface area (Å²) in [5, 5.41) is 0. The number of hydrogen-bond donors (Lipinski definition) is 1. The quantitative estimate of drug-likeness (QED) is 0.400. The number of hydrogen-bond acceptors (Lipinski definition) is 2. The molecule has 3 nitrogen and oxygen atoms in total. The summed E-state index contributed by atoms with van der Waals surface area (Å²) in [5.41, 5.74) is 0.